The molecule has 0 aromatic rings. The van der Waals surface area contributed by atoms with Crippen LogP contribution >= 0.6 is 0 Å². The number of ether oxygens (including phenoxy) is 1. The molecule has 1 fully saturated rings. The van der Waals surface area contributed by atoms with Gasteiger partial charge in [0, 0.05) is 12.8 Å². The van der Waals surface area contributed by atoms with Crippen molar-refractivity contribution in [2.24, 2.45) is 0 Å². The molecule has 4 nitrogen and oxygen atoms in total. The van der Waals surface area contributed by atoms with Crippen molar-refractivity contribution in [3.63, 3.8) is 0 Å². The quantitative estimate of drug-likeness (QED) is 0.806. The minimum atomic E-state index is -2.70. The van der Waals surface area contributed by atoms with Gasteiger partial charge >= 0.3 is 6.09 Å². The molecule has 18 heavy (non-hydrogen) atoms. The summed E-state index contributed by atoms with van der Waals surface area (Å²) in [6, 6.07) is 0. The summed E-state index contributed by atoms with van der Waals surface area (Å²) in [6.07, 6.45) is -1.24. The van der Waals surface area contributed by atoms with E-state index in [9.17, 15) is 18.7 Å². The lowest BCUT2D eigenvalue weighted by Crippen LogP contribution is -2.55. The number of rotatable bonds is 2. The van der Waals surface area contributed by atoms with Gasteiger partial charge in [-0.2, -0.15) is 0 Å². The fourth-order valence-corrected chi connectivity index (χ4v) is 1.94. The Morgan fingerprint density at radius 2 is 1.78 bits per heavy atom. The number of aliphatic hydroxyl groups is 1. The van der Waals surface area contributed by atoms with Crippen LogP contribution in [-0.2, 0) is 4.74 Å². The number of alkyl halides is 2. The zero-order valence-electron chi connectivity index (χ0n) is 11.1. The van der Waals surface area contributed by atoms with Crippen LogP contribution < -0.4 is 5.32 Å². The lowest BCUT2D eigenvalue weighted by molar-refractivity contribution is -0.0649. The first-order valence-electron chi connectivity index (χ1n) is 6.07. The Labute approximate surface area is 106 Å². The van der Waals surface area contributed by atoms with Crippen molar-refractivity contribution in [1.82, 2.24) is 5.32 Å². The van der Waals surface area contributed by atoms with Gasteiger partial charge in [-0.05, 0) is 33.6 Å². The molecule has 0 aliphatic heterocycles. The van der Waals surface area contributed by atoms with Gasteiger partial charge in [-0.1, -0.05) is 0 Å². The van der Waals surface area contributed by atoms with Gasteiger partial charge in [-0.15, -0.1) is 0 Å². The number of nitrogens with one attached hydrogen (secondary N) is 1. The van der Waals surface area contributed by atoms with E-state index in [-0.39, 0.29) is 32.3 Å². The number of amides is 1. The highest BCUT2D eigenvalue weighted by Gasteiger charge is 2.44. The fourth-order valence-electron chi connectivity index (χ4n) is 1.94. The molecule has 0 saturated heterocycles. The third-order valence-corrected chi connectivity index (χ3v) is 3.01. The van der Waals surface area contributed by atoms with Gasteiger partial charge in [0.2, 0.25) is 5.92 Å². The van der Waals surface area contributed by atoms with Gasteiger partial charge in [0.1, 0.15) is 5.60 Å². The van der Waals surface area contributed by atoms with Crippen LogP contribution in [0.1, 0.15) is 46.5 Å². The van der Waals surface area contributed by atoms with Gasteiger partial charge in [-0.3, -0.25) is 0 Å². The predicted molar refractivity (Wildman–Crippen MR) is 62.6 cm³/mol. The summed E-state index contributed by atoms with van der Waals surface area (Å²) >= 11 is 0. The third kappa shape index (κ3) is 4.40. The van der Waals surface area contributed by atoms with Crippen molar-refractivity contribution < 1.29 is 23.4 Å². The summed E-state index contributed by atoms with van der Waals surface area (Å²) in [5.74, 6) is -2.70. The molecule has 6 heteroatoms. The molecular weight excluding hydrogens is 244 g/mol. The van der Waals surface area contributed by atoms with Crippen LogP contribution in [0.25, 0.3) is 0 Å². The largest absolute Gasteiger partial charge is 0.444 e. The second-order valence-electron chi connectivity index (χ2n) is 5.92. The summed E-state index contributed by atoms with van der Waals surface area (Å²) in [5.41, 5.74) is -1.64. The van der Waals surface area contributed by atoms with Crippen LogP contribution in [0.3, 0.4) is 0 Å². The van der Waals surface area contributed by atoms with Crippen LogP contribution in [0.4, 0.5) is 13.6 Å². The summed E-state index contributed by atoms with van der Waals surface area (Å²) in [7, 11) is 0. The Balaban J connectivity index is 2.60. The molecule has 106 valence electrons. The van der Waals surface area contributed by atoms with Crippen molar-refractivity contribution >= 4 is 6.09 Å². The SMILES string of the molecule is CC(C)(C)OC(=O)NC1(CO)CCC(F)(F)CC1. The maximum absolute atomic E-state index is 13.1. The molecule has 1 rings (SSSR count). The zero-order chi connectivity index (χ0) is 14.0. The minimum Gasteiger partial charge on any atom is -0.444 e. The number of halogens is 2. The Hall–Kier alpha value is -0.910. The van der Waals surface area contributed by atoms with E-state index in [1.54, 1.807) is 20.8 Å². The molecule has 1 amide bonds. The van der Waals surface area contributed by atoms with Gasteiger partial charge in [0.25, 0.3) is 0 Å². The number of aliphatic hydroxyl groups excluding tert-OH is 1. The molecule has 0 spiro atoms. The Kier molecular flexibility index (Phi) is 4.20. The van der Waals surface area contributed by atoms with Gasteiger partial charge in [0.15, 0.2) is 0 Å². The van der Waals surface area contributed by atoms with Crippen molar-refractivity contribution in [1.29, 1.82) is 0 Å². The summed E-state index contributed by atoms with van der Waals surface area (Å²) < 4.78 is 31.2. The van der Waals surface area contributed by atoms with E-state index in [1.807, 2.05) is 0 Å². The highest BCUT2D eigenvalue weighted by molar-refractivity contribution is 5.68. The van der Waals surface area contributed by atoms with Crippen LogP contribution in [-0.4, -0.2) is 34.9 Å². The molecule has 0 aromatic carbocycles. The molecule has 0 radical (unpaired) electrons. The molecule has 0 aromatic heterocycles. The first kappa shape index (κ1) is 15.1. The summed E-state index contributed by atoms with van der Waals surface area (Å²) in [6.45, 7) is 4.79. The molecule has 1 aliphatic carbocycles. The maximum Gasteiger partial charge on any atom is 0.408 e. The molecule has 0 unspecified atom stereocenters. The summed E-state index contributed by atoms with van der Waals surface area (Å²) in [5, 5.41) is 11.9. The number of alkyl carbamates (subject to hydrolysis) is 1. The van der Waals surface area contributed by atoms with Gasteiger partial charge in [-0.25, -0.2) is 13.6 Å². The summed E-state index contributed by atoms with van der Waals surface area (Å²) in [4.78, 5) is 11.6. The van der Waals surface area contributed by atoms with Crippen molar-refractivity contribution in [3.8, 4) is 0 Å². The topological polar surface area (TPSA) is 58.6 Å². The monoisotopic (exact) mass is 265 g/mol. The third-order valence-electron chi connectivity index (χ3n) is 3.01. The van der Waals surface area contributed by atoms with E-state index in [4.69, 9.17) is 4.74 Å². The molecule has 0 bridgehead atoms. The van der Waals surface area contributed by atoms with Crippen molar-refractivity contribution in [3.05, 3.63) is 0 Å². The second-order valence-corrected chi connectivity index (χ2v) is 5.92. The molecule has 2 N–H and O–H groups in total. The lowest BCUT2D eigenvalue weighted by atomic mass is 9.80. The smallest absolute Gasteiger partial charge is 0.408 e. The molecule has 0 atom stereocenters. The van der Waals surface area contributed by atoms with E-state index in [0.29, 0.717) is 0 Å². The fraction of sp³-hybridized carbons (Fsp3) is 0.917. The van der Waals surface area contributed by atoms with Gasteiger partial charge in [0.05, 0.1) is 12.1 Å². The number of hydrogen-bond acceptors (Lipinski definition) is 3. The van der Waals surface area contributed by atoms with E-state index in [1.165, 1.54) is 0 Å². The van der Waals surface area contributed by atoms with E-state index >= 15 is 0 Å². The van der Waals surface area contributed by atoms with Crippen LogP contribution in [0.5, 0.6) is 0 Å². The first-order chi connectivity index (χ1) is 8.08. The van der Waals surface area contributed by atoms with Crippen LogP contribution in [0.2, 0.25) is 0 Å². The second kappa shape index (κ2) is 4.99. The Morgan fingerprint density at radius 3 is 2.17 bits per heavy atom. The number of hydrogen-bond donors (Lipinski definition) is 2. The molecule has 1 aliphatic rings. The van der Waals surface area contributed by atoms with Crippen molar-refractivity contribution in [2.45, 2.75) is 63.5 Å². The van der Waals surface area contributed by atoms with Crippen LogP contribution in [0, 0.1) is 0 Å². The van der Waals surface area contributed by atoms with E-state index in [0.717, 1.165) is 0 Å². The lowest BCUT2D eigenvalue weighted by Gasteiger charge is -2.39. The predicted octanol–water partition coefficient (Wildman–Crippen LogP) is 2.45. The first-order valence-corrected chi connectivity index (χ1v) is 6.07. The van der Waals surface area contributed by atoms with Gasteiger partial charge < -0.3 is 15.2 Å². The molecular formula is C12H21F2NO3. The highest BCUT2D eigenvalue weighted by atomic mass is 19.3. The van der Waals surface area contributed by atoms with E-state index in [2.05, 4.69) is 5.32 Å². The average molecular weight is 265 g/mol. The van der Waals surface area contributed by atoms with Crippen molar-refractivity contribution in [2.75, 3.05) is 6.61 Å². The average Bonchev–Trinajstić information content (AvgIpc) is 2.19. The van der Waals surface area contributed by atoms with Crippen LogP contribution in [0.15, 0.2) is 0 Å². The van der Waals surface area contributed by atoms with E-state index < -0.39 is 23.2 Å². The number of carbonyl (C=O) groups is 1. The normalized spacial score (nSPS) is 22.3. The molecule has 1 saturated carbocycles. The Morgan fingerprint density at radius 1 is 1.28 bits per heavy atom. The molecule has 0 heterocycles. The maximum atomic E-state index is 13.1. The number of carbonyl (C=O) groups excluding carboxylic acids is 1. The standard InChI is InChI=1S/C12H21F2NO3/c1-10(2,3)18-9(17)15-11(8-16)4-6-12(13,14)7-5-11/h16H,4-8H2,1-3H3,(H,15,17). The zero-order valence-corrected chi connectivity index (χ0v) is 11.1. The minimum absolute atomic E-state index is 0.0513. The Bertz CT molecular complexity index is 303. The highest BCUT2D eigenvalue weighted by Crippen LogP contribution is 2.38.